The standard InChI is InChI=1S/C24BF20.C13H12BrN2O2/c26-5-1(6(27)14(35)21(42)13(5)34)25(2-7(28)15(36)22(43)16(37)8(2)29,3-9(30)17(38)23(44)18(39)10(3)31)4-11(32)19(40)24(45)20(41)12(4)33;14-10-18-13-8-15-6-7-16(13)9-12(17)11-4-2-1-3-5-11/h;1-8H,9-10H2/q-1;+1. The summed E-state index contributed by atoms with van der Waals surface area (Å²) in [5, 5.41) is 0. The van der Waals surface area contributed by atoms with Crippen molar-refractivity contribution < 1.29 is 102 Å². The van der Waals surface area contributed by atoms with Gasteiger partial charge in [0.1, 0.15) is 64.4 Å². The molecule has 332 valence electrons. The zero-order valence-corrected chi connectivity index (χ0v) is 31.3. The van der Waals surface area contributed by atoms with Crippen molar-refractivity contribution in [2.24, 2.45) is 0 Å². The average Bonchev–Trinajstić information content (AvgIpc) is 3.27. The normalized spacial score (nSPS) is 11.4. The van der Waals surface area contributed by atoms with Crippen LogP contribution in [-0.2, 0) is 6.54 Å². The van der Waals surface area contributed by atoms with Crippen LogP contribution in [0.1, 0.15) is 10.4 Å². The van der Waals surface area contributed by atoms with Crippen molar-refractivity contribution in [1.29, 1.82) is 0 Å². The van der Waals surface area contributed by atoms with Crippen LogP contribution in [0.3, 0.4) is 0 Å². The van der Waals surface area contributed by atoms with E-state index in [9.17, 15) is 57.5 Å². The third kappa shape index (κ3) is 7.81. The summed E-state index contributed by atoms with van der Waals surface area (Å²) in [6, 6.07) is 9.18. The highest BCUT2D eigenvalue weighted by molar-refractivity contribution is 9.09. The van der Waals surface area contributed by atoms with Gasteiger partial charge >= 0.3 is 5.88 Å². The Morgan fingerprint density at radius 1 is 0.476 bits per heavy atom. The summed E-state index contributed by atoms with van der Waals surface area (Å²) in [5.74, 6) is -70.8. The van der Waals surface area contributed by atoms with Gasteiger partial charge in [0.2, 0.25) is 12.3 Å². The summed E-state index contributed by atoms with van der Waals surface area (Å²) in [4.78, 5) is 16.0. The van der Waals surface area contributed by atoms with E-state index in [-0.39, 0.29) is 12.3 Å². The average molecular weight is 987 g/mol. The van der Waals surface area contributed by atoms with Gasteiger partial charge in [-0.3, -0.25) is 4.79 Å². The number of hydrogen-bond acceptors (Lipinski definition) is 3. The van der Waals surface area contributed by atoms with Crippen molar-refractivity contribution >= 4 is 49.7 Å². The molecule has 0 radical (unpaired) electrons. The van der Waals surface area contributed by atoms with E-state index in [0.29, 0.717) is 17.0 Å². The third-order valence-corrected chi connectivity index (χ3v) is 9.35. The highest BCUT2D eigenvalue weighted by Gasteiger charge is 2.52. The molecule has 0 fully saturated rings. The number of aromatic nitrogens is 2. The minimum absolute atomic E-state index is 0.0335. The zero-order chi connectivity index (χ0) is 47.2. The van der Waals surface area contributed by atoms with Crippen LogP contribution in [0.4, 0.5) is 87.8 Å². The van der Waals surface area contributed by atoms with E-state index < -0.39 is 144 Å². The fraction of sp³-hybridized carbons (Fsp3) is 0.0541. The number of benzene rings is 5. The summed E-state index contributed by atoms with van der Waals surface area (Å²) < 4.78 is 301. The Morgan fingerprint density at radius 3 is 1.05 bits per heavy atom. The molecule has 0 spiro atoms. The molecular weight excluding hydrogens is 975 g/mol. The number of ketones is 1. The molecule has 0 N–H and O–H groups in total. The Morgan fingerprint density at radius 2 is 0.762 bits per heavy atom. The van der Waals surface area contributed by atoms with Gasteiger partial charge in [0, 0.05) is 5.56 Å². The molecule has 5 aromatic carbocycles. The number of halogens is 21. The van der Waals surface area contributed by atoms with Crippen LogP contribution >= 0.6 is 15.9 Å². The number of carbonyl (C=O) groups is 1. The first-order chi connectivity index (χ1) is 29.5. The molecule has 0 aliphatic rings. The molecule has 1 aromatic heterocycles. The minimum Gasteiger partial charge on any atom is -0.432 e. The van der Waals surface area contributed by atoms with Crippen molar-refractivity contribution in [3.8, 4) is 5.88 Å². The lowest BCUT2D eigenvalue weighted by atomic mass is 9.12. The maximum Gasteiger partial charge on any atom is 0.388 e. The van der Waals surface area contributed by atoms with Gasteiger partial charge in [0.25, 0.3) is 0 Å². The van der Waals surface area contributed by atoms with Gasteiger partial charge in [0.05, 0.1) is 6.20 Å². The Bertz CT molecular complexity index is 2440. The van der Waals surface area contributed by atoms with E-state index in [4.69, 9.17) is 4.74 Å². The quantitative estimate of drug-likeness (QED) is 0.0283. The summed E-state index contributed by atoms with van der Waals surface area (Å²) in [6.07, 6.45) is -2.29. The first-order valence-electron chi connectivity index (χ1n) is 16.3. The molecule has 0 aliphatic carbocycles. The Kier molecular flexibility index (Phi) is 13.9. The Balaban J connectivity index is 0.000000345. The fourth-order valence-corrected chi connectivity index (χ4v) is 6.66. The lowest BCUT2D eigenvalue weighted by Gasteiger charge is -2.44. The predicted molar refractivity (Wildman–Crippen MR) is 179 cm³/mol. The summed E-state index contributed by atoms with van der Waals surface area (Å²) in [6.45, 7) is 0.231. The van der Waals surface area contributed by atoms with Gasteiger partial charge < -0.3 is 4.74 Å². The molecular formula is C37H12BBrF20N2O2. The second kappa shape index (κ2) is 18.3. The maximum atomic E-state index is 15.4. The van der Waals surface area contributed by atoms with Crippen molar-refractivity contribution in [3.63, 3.8) is 0 Å². The van der Waals surface area contributed by atoms with Crippen LogP contribution in [-0.4, -0.2) is 22.4 Å². The molecule has 63 heavy (non-hydrogen) atoms. The largest absolute Gasteiger partial charge is 0.432 e. The van der Waals surface area contributed by atoms with Crippen LogP contribution in [0.25, 0.3) is 0 Å². The molecule has 0 bridgehead atoms. The molecule has 4 nitrogen and oxygen atoms in total. The number of carbonyl (C=O) groups excluding carboxylic acids is 1. The molecule has 6 aromatic rings. The molecule has 6 rings (SSSR count). The molecule has 0 saturated carbocycles. The summed E-state index contributed by atoms with van der Waals surface area (Å²) >= 11 is 3.18. The Labute approximate surface area is 345 Å². The van der Waals surface area contributed by atoms with Crippen LogP contribution in [0.15, 0.2) is 48.9 Å². The van der Waals surface area contributed by atoms with Gasteiger partial charge in [-0.05, 0) is 15.9 Å². The second-order valence-electron chi connectivity index (χ2n) is 12.4. The van der Waals surface area contributed by atoms with E-state index >= 15 is 35.1 Å². The minimum atomic E-state index is -7.22. The van der Waals surface area contributed by atoms with E-state index in [1.54, 1.807) is 35.3 Å². The lowest BCUT2D eigenvalue weighted by molar-refractivity contribution is -0.688. The van der Waals surface area contributed by atoms with E-state index in [1.807, 2.05) is 18.2 Å². The van der Waals surface area contributed by atoms with Crippen molar-refractivity contribution in [1.82, 2.24) is 4.98 Å². The monoisotopic (exact) mass is 986 g/mol. The van der Waals surface area contributed by atoms with E-state index in [1.165, 1.54) is 0 Å². The molecule has 0 saturated heterocycles. The molecule has 0 atom stereocenters. The number of ether oxygens (including phenoxy) is 1. The SMILES string of the molecule is Fc1c(F)c(F)c([B-](c2c(F)c(F)c(F)c(F)c2F)(c2c(F)c(F)c(F)c(F)c2F)c2c(F)c(F)c(F)c(F)c2F)c(F)c1F.O=C(C[n+]1ccncc1OCBr)c1ccccc1. The van der Waals surface area contributed by atoms with Gasteiger partial charge in [0.15, 0.2) is 76.0 Å². The van der Waals surface area contributed by atoms with Crippen LogP contribution < -0.4 is 31.2 Å². The molecule has 0 amide bonds. The van der Waals surface area contributed by atoms with Crippen LogP contribution in [0.2, 0.25) is 0 Å². The van der Waals surface area contributed by atoms with E-state index in [0.717, 1.165) is 0 Å². The first kappa shape index (κ1) is 47.8. The Hall–Kier alpha value is -6.21. The van der Waals surface area contributed by atoms with Gasteiger partial charge in [-0.25, -0.2) is 92.8 Å². The van der Waals surface area contributed by atoms with Gasteiger partial charge in [-0.2, -0.15) is 4.57 Å². The topological polar surface area (TPSA) is 43.1 Å². The number of nitrogens with zero attached hydrogens (tertiary/aromatic N) is 2. The predicted octanol–water partition coefficient (Wildman–Crippen LogP) is 7.83. The van der Waals surface area contributed by atoms with Crippen LogP contribution in [0, 0.1) is 116 Å². The molecule has 26 heteroatoms. The number of alkyl halides is 1. The second-order valence-corrected chi connectivity index (χ2v) is 12.8. The number of hydrogen-bond donors (Lipinski definition) is 0. The number of rotatable bonds is 9. The molecule has 0 unspecified atom stereocenters. The third-order valence-electron chi connectivity index (χ3n) is 9.12. The van der Waals surface area contributed by atoms with E-state index in [2.05, 4.69) is 20.9 Å². The smallest absolute Gasteiger partial charge is 0.388 e. The van der Waals surface area contributed by atoms with Gasteiger partial charge in [-0.15, -0.1) is 21.9 Å². The lowest BCUT2D eigenvalue weighted by Crippen LogP contribution is -2.81. The highest BCUT2D eigenvalue weighted by atomic mass is 79.9. The first-order valence-corrected chi connectivity index (χ1v) is 17.5. The fourth-order valence-electron chi connectivity index (χ4n) is 6.42. The van der Waals surface area contributed by atoms with Crippen molar-refractivity contribution in [3.05, 3.63) is 171 Å². The number of Topliss-reactive ketones (excluding diaryl/α,β-unsaturated/α-hetero) is 1. The molecule has 1 heterocycles. The molecule has 0 aliphatic heterocycles. The van der Waals surface area contributed by atoms with Gasteiger partial charge in [-0.1, -0.05) is 30.3 Å². The highest BCUT2D eigenvalue weighted by Crippen LogP contribution is 2.30. The zero-order valence-electron chi connectivity index (χ0n) is 29.8. The van der Waals surface area contributed by atoms with Crippen molar-refractivity contribution in [2.45, 2.75) is 6.54 Å². The maximum absolute atomic E-state index is 15.4. The van der Waals surface area contributed by atoms with Crippen molar-refractivity contribution in [2.75, 3.05) is 5.52 Å². The van der Waals surface area contributed by atoms with Crippen LogP contribution in [0.5, 0.6) is 5.88 Å². The summed E-state index contributed by atoms with van der Waals surface area (Å²) in [5.41, 5.74) is -13.3. The summed E-state index contributed by atoms with van der Waals surface area (Å²) in [7, 11) is 0.